The molecule has 7 aromatic carbocycles. The second kappa shape index (κ2) is 11.4. The van der Waals surface area contributed by atoms with Crippen molar-refractivity contribution < 1.29 is 0 Å². The van der Waals surface area contributed by atoms with Crippen LogP contribution in [0.1, 0.15) is 7.43 Å². The highest BCUT2D eigenvalue weighted by atomic mass is 32.3. The molecule has 0 fully saturated rings. The first-order valence-corrected chi connectivity index (χ1v) is 17.8. The first-order valence-electron chi connectivity index (χ1n) is 15.7. The maximum atomic E-state index is 3.58. The molecule has 9 aromatic rings. The number of H-pyrrole nitrogens is 1. The van der Waals surface area contributed by atoms with Crippen LogP contribution in [0.3, 0.4) is 0 Å². The monoisotopic (exact) mass is 624 g/mol. The van der Waals surface area contributed by atoms with E-state index in [0.717, 1.165) is 0 Å². The number of nitrogens with one attached hydrogen (secondary N) is 1. The highest BCUT2D eigenvalue weighted by molar-refractivity contribution is 8.33. The van der Waals surface area contributed by atoms with Gasteiger partial charge in [-0.2, -0.15) is 10.0 Å². The molecule has 0 radical (unpaired) electrons. The Morgan fingerprint density at radius 3 is 1.62 bits per heavy atom. The van der Waals surface area contributed by atoms with Crippen molar-refractivity contribution in [3.8, 4) is 16.8 Å². The predicted molar refractivity (Wildman–Crippen MR) is 204 cm³/mol. The lowest BCUT2D eigenvalue weighted by Crippen LogP contribution is -2.01. The number of rotatable bonds is 5. The normalized spacial score (nSPS) is 12.1. The van der Waals surface area contributed by atoms with Crippen molar-refractivity contribution in [2.75, 3.05) is 6.26 Å². The fraction of sp³-hybridized carbons (Fsp3) is 0.0455. The predicted octanol–water partition coefficient (Wildman–Crippen LogP) is 12.6. The number of nitrogens with zero attached hydrogens (tertiary/aromatic N) is 1. The Hall–Kier alpha value is -5.51. The molecule has 2 nitrogen and oxygen atoms in total. The molecule has 0 aliphatic rings. The lowest BCUT2D eigenvalue weighted by molar-refractivity contribution is 1.18. The topological polar surface area (TPSA) is 20.7 Å². The molecule has 0 aliphatic carbocycles. The molecule has 2 heterocycles. The molecule has 0 bridgehead atoms. The number of hydrogen-bond donors (Lipinski definition) is 1. The van der Waals surface area contributed by atoms with Gasteiger partial charge in [0.05, 0.1) is 11.0 Å². The van der Waals surface area contributed by atoms with Gasteiger partial charge in [-0.15, -0.1) is 0 Å². The molecular weight excluding hydrogens is 589 g/mol. The van der Waals surface area contributed by atoms with E-state index < -0.39 is 10.0 Å². The van der Waals surface area contributed by atoms with E-state index in [4.69, 9.17) is 0 Å². The molecule has 0 saturated heterocycles. The molecule has 0 unspecified atom stereocenters. The summed E-state index contributed by atoms with van der Waals surface area (Å²) in [6.07, 6.45) is 2.44. The summed E-state index contributed by atoms with van der Waals surface area (Å²) < 4.78 is 2.42. The molecule has 9 rings (SSSR count). The zero-order valence-electron chi connectivity index (χ0n) is 25.5. The molecule has 0 spiro atoms. The third-order valence-corrected chi connectivity index (χ3v) is 13.1. The molecule has 47 heavy (non-hydrogen) atoms. The number of fused-ring (bicyclic) bond motifs is 6. The summed E-state index contributed by atoms with van der Waals surface area (Å²) in [4.78, 5) is 7.66. The number of benzene rings is 7. The van der Waals surface area contributed by atoms with Crippen molar-refractivity contribution in [1.82, 2.24) is 9.55 Å². The Bertz CT molecular complexity index is 2490. The minimum Gasteiger partial charge on any atom is -0.355 e. The van der Waals surface area contributed by atoms with Gasteiger partial charge in [0, 0.05) is 38.3 Å². The van der Waals surface area contributed by atoms with Crippen LogP contribution >= 0.6 is 10.0 Å². The lowest BCUT2D eigenvalue weighted by atomic mass is 10.0. The van der Waals surface area contributed by atoms with Crippen molar-refractivity contribution in [3.63, 3.8) is 0 Å². The van der Waals surface area contributed by atoms with Gasteiger partial charge in [0.2, 0.25) is 0 Å². The standard InChI is InChI=1S/C43H32N2S.CH4/c1-46(33-15-7-3-8-16-33,34-17-9-4-10-18-34)35-23-26-43-39(29-35)38-28-31(22-25-42(38)45(43)32-13-5-2-6-14-32)30-21-24-41-37(27-30)36-19-11-12-20-40(36)44-41;/h2-29,44H,1H3;1H4. The molecule has 1 N–H and O–H groups in total. The summed E-state index contributed by atoms with van der Waals surface area (Å²) >= 11 is 0. The molecule has 228 valence electrons. The zero-order chi connectivity index (χ0) is 30.7. The maximum absolute atomic E-state index is 3.58. The van der Waals surface area contributed by atoms with E-state index >= 15 is 0 Å². The third-order valence-electron chi connectivity index (χ3n) is 9.49. The molecule has 0 atom stereocenters. The molecule has 0 saturated carbocycles. The fourth-order valence-corrected chi connectivity index (χ4v) is 10.0. The van der Waals surface area contributed by atoms with Gasteiger partial charge < -0.3 is 9.55 Å². The molecule has 3 heteroatoms. The van der Waals surface area contributed by atoms with Gasteiger partial charge in [-0.1, -0.05) is 92.4 Å². The largest absolute Gasteiger partial charge is 0.355 e. The van der Waals surface area contributed by atoms with Crippen molar-refractivity contribution in [3.05, 3.63) is 170 Å². The Morgan fingerprint density at radius 1 is 0.426 bits per heavy atom. The van der Waals surface area contributed by atoms with E-state index in [-0.39, 0.29) is 7.43 Å². The zero-order valence-corrected chi connectivity index (χ0v) is 26.3. The van der Waals surface area contributed by atoms with Crippen LogP contribution in [0.15, 0.2) is 185 Å². The van der Waals surface area contributed by atoms with Crippen LogP contribution in [0.25, 0.3) is 60.4 Å². The average Bonchev–Trinajstić information content (AvgIpc) is 3.67. The van der Waals surface area contributed by atoms with Crippen LogP contribution in [0.4, 0.5) is 0 Å². The van der Waals surface area contributed by atoms with E-state index in [1.807, 2.05) is 0 Å². The molecule has 0 amide bonds. The van der Waals surface area contributed by atoms with Crippen molar-refractivity contribution >= 4 is 53.6 Å². The third kappa shape index (κ3) is 4.58. The Labute approximate surface area is 277 Å². The number of hydrogen-bond acceptors (Lipinski definition) is 0. The van der Waals surface area contributed by atoms with Gasteiger partial charge in [0.1, 0.15) is 0 Å². The molecule has 0 aliphatic heterocycles. The van der Waals surface area contributed by atoms with Crippen LogP contribution in [0.5, 0.6) is 0 Å². The first kappa shape index (κ1) is 28.9. The van der Waals surface area contributed by atoms with Crippen LogP contribution in [0, 0.1) is 0 Å². The minimum absolute atomic E-state index is 0. The number of aromatic amines is 1. The Balaban J connectivity index is 0.00000324. The summed E-state index contributed by atoms with van der Waals surface area (Å²) in [6, 6.07) is 62.3. The summed E-state index contributed by atoms with van der Waals surface area (Å²) in [7, 11) is -1.50. The summed E-state index contributed by atoms with van der Waals surface area (Å²) in [5, 5.41) is 5.05. The van der Waals surface area contributed by atoms with Gasteiger partial charge in [0.25, 0.3) is 0 Å². The second-order valence-electron chi connectivity index (χ2n) is 12.1. The maximum Gasteiger partial charge on any atom is 0.0541 e. The van der Waals surface area contributed by atoms with Gasteiger partial charge in [-0.05, 0) is 117 Å². The average molecular weight is 625 g/mol. The summed E-state index contributed by atoms with van der Waals surface area (Å²) in [6.45, 7) is 0. The summed E-state index contributed by atoms with van der Waals surface area (Å²) in [5.41, 5.74) is 8.39. The highest BCUT2D eigenvalue weighted by Gasteiger charge is 2.27. The van der Waals surface area contributed by atoms with E-state index in [2.05, 4.69) is 186 Å². The quantitative estimate of drug-likeness (QED) is 0.197. The summed E-state index contributed by atoms with van der Waals surface area (Å²) in [5.74, 6) is 0. The van der Waals surface area contributed by atoms with Gasteiger partial charge in [-0.3, -0.25) is 0 Å². The van der Waals surface area contributed by atoms with Gasteiger partial charge >= 0.3 is 0 Å². The van der Waals surface area contributed by atoms with Crippen LogP contribution in [0.2, 0.25) is 0 Å². The van der Waals surface area contributed by atoms with E-state index in [0.29, 0.717) is 0 Å². The fourth-order valence-electron chi connectivity index (χ4n) is 7.11. The smallest absolute Gasteiger partial charge is 0.0541 e. The first-order chi connectivity index (χ1) is 22.7. The van der Waals surface area contributed by atoms with E-state index in [9.17, 15) is 0 Å². The number of aromatic nitrogens is 2. The minimum atomic E-state index is -1.50. The van der Waals surface area contributed by atoms with E-state index in [1.54, 1.807) is 0 Å². The molecule has 2 aromatic heterocycles. The second-order valence-corrected chi connectivity index (χ2v) is 15.3. The highest BCUT2D eigenvalue weighted by Crippen LogP contribution is 2.66. The SMILES string of the molecule is C.CS(c1ccccc1)(c1ccccc1)c1ccc2c(c1)c1cc(-c3ccc4[nH]c5ccccc5c4c3)ccc1n2-c1ccccc1. The van der Waals surface area contributed by atoms with Crippen molar-refractivity contribution in [2.45, 2.75) is 22.1 Å². The van der Waals surface area contributed by atoms with Crippen LogP contribution in [-0.2, 0) is 0 Å². The lowest BCUT2D eigenvalue weighted by Gasteiger charge is -2.37. The Kier molecular flexibility index (Phi) is 7.00. The van der Waals surface area contributed by atoms with Crippen LogP contribution < -0.4 is 0 Å². The Morgan fingerprint density at radius 2 is 0.936 bits per heavy atom. The van der Waals surface area contributed by atoms with Crippen molar-refractivity contribution in [1.29, 1.82) is 0 Å². The van der Waals surface area contributed by atoms with Crippen LogP contribution in [-0.4, -0.2) is 15.8 Å². The van der Waals surface area contributed by atoms with Crippen molar-refractivity contribution in [2.24, 2.45) is 0 Å². The molecular formula is C44H36N2S. The van der Waals surface area contributed by atoms with Gasteiger partial charge in [-0.25, -0.2) is 0 Å². The number of para-hydroxylation sites is 2. The van der Waals surface area contributed by atoms with Gasteiger partial charge in [0.15, 0.2) is 0 Å². The van der Waals surface area contributed by atoms with E-state index in [1.165, 1.54) is 75.1 Å².